The largest absolute Gasteiger partial charge is 0.379 e. The fraction of sp³-hybridized carbons (Fsp3) is 0.407. The van der Waals surface area contributed by atoms with Crippen molar-refractivity contribution in [1.82, 2.24) is 19.8 Å². The van der Waals surface area contributed by atoms with Crippen molar-refractivity contribution in [3.8, 4) is 0 Å². The number of pyridine rings is 1. The number of morpholine rings is 1. The number of benzene rings is 1. The number of anilines is 1. The minimum atomic E-state index is -0.289. The summed E-state index contributed by atoms with van der Waals surface area (Å²) in [6.45, 7) is 9.95. The molecule has 0 radical (unpaired) electrons. The molecule has 4 heterocycles. The lowest BCUT2D eigenvalue weighted by molar-refractivity contribution is 0.0369. The maximum absolute atomic E-state index is 15.0. The maximum atomic E-state index is 15.0. The van der Waals surface area contributed by atoms with Gasteiger partial charge in [0.25, 0.3) is 0 Å². The first-order valence-corrected chi connectivity index (χ1v) is 12.7. The van der Waals surface area contributed by atoms with E-state index in [0.29, 0.717) is 10.8 Å². The summed E-state index contributed by atoms with van der Waals surface area (Å²) in [6, 6.07) is 14.5. The molecule has 0 amide bonds. The molecule has 1 aromatic carbocycles. The van der Waals surface area contributed by atoms with E-state index in [9.17, 15) is 4.39 Å². The zero-order chi connectivity index (χ0) is 24.4. The normalized spacial score (nSPS) is 20.9. The van der Waals surface area contributed by atoms with Crippen molar-refractivity contribution in [2.24, 2.45) is 0 Å². The summed E-state index contributed by atoms with van der Waals surface area (Å²) in [5.74, 6) is -0.289. The highest BCUT2D eigenvalue weighted by molar-refractivity contribution is 7.80. The summed E-state index contributed by atoms with van der Waals surface area (Å²) in [4.78, 5) is 9.00. The molecule has 0 unspecified atom stereocenters. The summed E-state index contributed by atoms with van der Waals surface area (Å²) in [5, 5.41) is 3.94. The highest BCUT2D eigenvalue weighted by Gasteiger charge is 2.43. The fourth-order valence-corrected chi connectivity index (χ4v) is 5.66. The predicted octanol–water partition coefficient (Wildman–Crippen LogP) is 4.54. The van der Waals surface area contributed by atoms with Gasteiger partial charge in [-0.05, 0) is 68.4 Å². The van der Waals surface area contributed by atoms with Gasteiger partial charge >= 0.3 is 0 Å². The van der Waals surface area contributed by atoms with E-state index >= 15 is 0 Å². The number of thiocarbonyl (C=S) groups is 1. The van der Waals surface area contributed by atoms with Crippen molar-refractivity contribution < 1.29 is 9.13 Å². The molecule has 5 rings (SSSR count). The van der Waals surface area contributed by atoms with Crippen molar-refractivity contribution in [1.29, 1.82) is 0 Å². The van der Waals surface area contributed by atoms with Crippen LogP contribution in [0.5, 0.6) is 0 Å². The first kappa shape index (κ1) is 23.9. The van der Waals surface area contributed by atoms with Crippen molar-refractivity contribution in [2.45, 2.75) is 38.9 Å². The number of nitrogens with zero attached hydrogens (tertiary/aromatic N) is 4. The molecule has 2 atom stereocenters. The van der Waals surface area contributed by atoms with Crippen molar-refractivity contribution >= 4 is 23.0 Å². The third-order valence-corrected chi connectivity index (χ3v) is 7.42. The van der Waals surface area contributed by atoms with Crippen LogP contribution in [-0.4, -0.2) is 52.4 Å². The standard InChI is InChI=1S/C27H32FN5OS/c1-19-18-21(20(2)32(19)13-7-12-31-14-16-34-17-15-31)26-25(23-9-5-6-11-29-23)30-27(35)33(26)24-10-4-3-8-22(24)28/h3-6,8-11,18,25-26H,7,12-17H2,1-2H3,(H,30,35)/t25-,26-/m0/s1. The highest BCUT2D eigenvalue weighted by atomic mass is 32.1. The molecule has 1 N–H and O–H groups in total. The molecular formula is C27H32FN5OS. The minimum Gasteiger partial charge on any atom is -0.379 e. The Bertz CT molecular complexity index is 1180. The van der Waals surface area contributed by atoms with E-state index in [0.717, 1.165) is 57.1 Å². The predicted molar refractivity (Wildman–Crippen MR) is 140 cm³/mol. The number of hydrogen-bond acceptors (Lipinski definition) is 4. The van der Waals surface area contributed by atoms with Crippen LogP contribution >= 0.6 is 12.2 Å². The molecule has 2 fully saturated rings. The van der Waals surface area contributed by atoms with Crippen LogP contribution in [-0.2, 0) is 11.3 Å². The van der Waals surface area contributed by atoms with Crippen LogP contribution < -0.4 is 10.2 Å². The molecule has 2 aromatic heterocycles. The van der Waals surface area contributed by atoms with Gasteiger partial charge in [0.2, 0.25) is 0 Å². The number of para-hydroxylation sites is 1. The van der Waals surface area contributed by atoms with Crippen LogP contribution in [0, 0.1) is 19.7 Å². The summed E-state index contributed by atoms with van der Waals surface area (Å²) in [7, 11) is 0. The number of halogens is 1. The second-order valence-electron chi connectivity index (χ2n) is 9.23. The zero-order valence-electron chi connectivity index (χ0n) is 20.3. The van der Waals surface area contributed by atoms with Crippen LogP contribution in [0.1, 0.15) is 41.1 Å². The maximum Gasteiger partial charge on any atom is 0.174 e. The first-order valence-electron chi connectivity index (χ1n) is 12.3. The Morgan fingerprint density at radius 2 is 1.86 bits per heavy atom. The fourth-order valence-electron chi connectivity index (χ4n) is 5.33. The molecule has 2 aliphatic heterocycles. The molecule has 2 saturated heterocycles. The molecule has 35 heavy (non-hydrogen) atoms. The van der Waals surface area contributed by atoms with Gasteiger partial charge in [0.05, 0.1) is 36.7 Å². The van der Waals surface area contributed by atoms with Gasteiger partial charge in [0, 0.05) is 43.8 Å². The van der Waals surface area contributed by atoms with Crippen LogP contribution in [0.3, 0.4) is 0 Å². The zero-order valence-corrected chi connectivity index (χ0v) is 21.1. The minimum absolute atomic E-state index is 0.189. The van der Waals surface area contributed by atoms with Crippen molar-refractivity contribution in [3.05, 3.63) is 83.2 Å². The summed E-state index contributed by atoms with van der Waals surface area (Å²) in [5.41, 5.74) is 4.88. The Morgan fingerprint density at radius 1 is 1.09 bits per heavy atom. The number of ether oxygens (including phenoxy) is 1. The van der Waals surface area contributed by atoms with Crippen LogP contribution in [0.25, 0.3) is 0 Å². The molecule has 2 aliphatic rings. The first-order chi connectivity index (χ1) is 17.0. The third kappa shape index (κ3) is 4.83. The molecular weight excluding hydrogens is 461 g/mol. The molecule has 0 spiro atoms. The Hall–Kier alpha value is -2.81. The molecule has 0 saturated carbocycles. The van der Waals surface area contributed by atoms with E-state index in [1.807, 2.05) is 29.2 Å². The number of rotatable bonds is 7. The quantitative estimate of drug-likeness (QED) is 0.488. The second-order valence-corrected chi connectivity index (χ2v) is 9.62. The van der Waals surface area contributed by atoms with E-state index in [1.54, 1.807) is 18.3 Å². The average Bonchev–Trinajstić information content (AvgIpc) is 3.36. The topological polar surface area (TPSA) is 45.6 Å². The van der Waals surface area contributed by atoms with Crippen LogP contribution in [0.2, 0.25) is 0 Å². The van der Waals surface area contributed by atoms with Gasteiger partial charge < -0.3 is 19.5 Å². The number of hydrogen-bond donors (Lipinski definition) is 1. The van der Waals surface area contributed by atoms with Gasteiger partial charge in [-0.2, -0.15) is 0 Å². The molecule has 3 aromatic rings. The lowest BCUT2D eigenvalue weighted by atomic mass is 9.96. The average molecular weight is 494 g/mol. The van der Waals surface area contributed by atoms with Gasteiger partial charge in [0.1, 0.15) is 5.82 Å². The van der Waals surface area contributed by atoms with Gasteiger partial charge in [-0.15, -0.1) is 0 Å². The van der Waals surface area contributed by atoms with Crippen molar-refractivity contribution in [3.63, 3.8) is 0 Å². The van der Waals surface area contributed by atoms with Gasteiger partial charge in [-0.1, -0.05) is 18.2 Å². The van der Waals surface area contributed by atoms with E-state index in [4.69, 9.17) is 17.0 Å². The highest BCUT2D eigenvalue weighted by Crippen LogP contribution is 2.43. The molecule has 184 valence electrons. The van der Waals surface area contributed by atoms with E-state index in [1.165, 1.54) is 17.5 Å². The number of aromatic nitrogens is 2. The molecule has 6 nitrogen and oxygen atoms in total. The lowest BCUT2D eigenvalue weighted by Gasteiger charge is -2.28. The number of nitrogens with one attached hydrogen (secondary N) is 1. The Kier molecular flexibility index (Phi) is 7.13. The smallest absolute Gasteiger partial charge is 0.174 e. The van der Waals surface area contributed by atoms with Crippen LogP contribution in [0.15, 0.2) is 54.7 Å². The SMILES string of the molecule is Cc1cc([C@H]2[C@H](c3ccccn3)NC(=S)N2c2ccccc2F)c(C)n1CCCN1CCOCC1. The summed E-state index contributed by atoms with van der Waals surface area (Å²) >= 11 is 5.76. The van der Waals surface area contributed by atoms with E-state index in [-0.39, 0.29) is 17.9 Å². The van der Waals surface area contributed by atoms with E-state index in [2.05, 4.69) is 39.7 Å². The lowest BCUT2D eigenvalue weighted by Crippen LogP contribution is -2.37. The summed E-state index contributed by atoms with van der Waals surface area (Å²) in [6.07, 6.45) is 2.86. The Balaban J connectivity index is 1.48. The Labute approximate surface area is 211 Å². The third-order valence-electron chi connectivity index (χ3n) is 7.10. The van der Waals surface area contributed by atoms with Gasteiger partial charge in [0.15, 0.2) is 5.11 Å². The van der Waals surface area contributed by atoms with Crippen LogP contribution in [0.4, 0.5) is 10.1 Å². The van der Waals surface area contributed by atoms with Crippen molar-refractivity contribution in [2.75, 3.05) is 37.7 Å². The monoisotopic (exact) mass is 493 g/mol. The second kappa shape index (κ2) is 10.4. The molecule has 8 heteroatoms. The van der Waals surface area contributed by atoms with Gasteiger partial charge in [-0.25, -0.2) is 4.39 Å². The van der Waals surface area contributed by atoms with E-state index < -0.39 is 0 Å². The van der Waals surface area contributed by atoms with Gasteiger partial charge in [-0.3, -0.25) is 9.88 Å². The Morgan fingerprint density at radius 3 is 2.60 bits per heavy atom. The summed E-state index contributed by atoms with van der Waals surface area (Å²) < 4.78 is 22.9. The number of aryl methyl sites for hydroxylation is 1. The molecule has 0 bridgehead atoms. The molecule has 0 aliphatic carbocycles.